The number of hydrogen-bond donors (Lipinski definition) is 1. The molecule has 0 heterocycles. The number of rotatable bonds is 5. The van der Waals surface area contributed by atoms with Crippen molar-refractivity contribution in [1.82, 2.24) is 5.32 Å². The molecule has 1 N–H and O–H groups in total. The van der Waals surface area contributed by atoms with Crippen molar-refractivity contribution >= 4 is 29.1 Å². The van der Waals surface area contributed by atoms with E-state index in [1.54, 1.807) is 18.2 Å². The van der Waals surface area contributed by atoms with Crippen LogP contribution < -0.4 is 10.1 Å². The summed E-state index contributed by atoms with van der Waals surface area (Å²) in [4.78, 5) is 12.4. The average Bonchev–Trinajstić information content (AvgIpc) is 2.54. The van der Waals surface area contributed by atoms with Gasteiger partial charge in [0.15, 0.2) is 6.61 Å². The molecule has 136 valence electrons. The van der Waals surface area contributed by atoms with Gasteiger partial charge in [0.25, 0.3) is 5.91 Å². The molecule has 4 aliphatic carbocycles. The zero-order chi connectivity index (χ0) is 17.6. The monoisotopic (exact) mass is 381 g/mol. The Kier molecular flexibility index (Phi) is 4.66. The number of carbonyl (C=O) groups is 1. The molecule has 4 bridgehead atoms. The SMILES string of the molecule is C[C@H](NC(=O)COc1cc(Cl)ccc1Cl)C12CC3CC(CC(C3)C1)C2. The molecule has 0 unspecified atom stereocenters. The number of benzene rings is 1. The van der Waals surface area contributed by atoms with E-state index in [1.807, 2.05) is 0 Å². The normalized spacial score (nSPS) is 34.0. The van der Waals surface area contributed by atoms with Crippen LogP contribution in [0.2, 0.25) is 10.0 Å². The highest BCUT2D eigenvalue weighted by molar-refractivity contribution is 6.34. The standard InChI is InChI=1S/C20H25Cl2NO2/c1-12(20-8-13-4-14(9-20)6-15(5-13)10-20)23-19(24)11-25-18-7-16(21)2-3-17(18)22/h2-3,7,12-15H,4-6,8-11H2,1H3,(H,23,24)/t12-,13?,14?,15?,20?/m0/s1. The Hall–Kier alpha value is -0.930. The van der Waals surface area contributed by atoms with Gasteiger partial charge < -0.3 is 10.1 Å². The summed E-state index contributed by atoms with van der Waals surface area (Å²) < 4.78 is 5.57. The smallest absolute Gasteiger partial charge is 0.258 e. The predicted molar refractivity (Wildman–Crippen MR) is 100 cm³/mol. The van der Waals surface area contributed by atoms with Crippen LogP contribution in [0.15, 0.2) is 18.2 Å². The van der Waals surface area contributed by atoms with Crippen LogP contribution in [0.1, 0.15) is 45.4 Å². The minimum absolute atomic E-state index is 0.0310. The van der Waals surface area contributed by atoms with Gasteiger partial charge in [-0.25, -0.2) is 0 Å². The molecule has 0 aliphatic heterocycles. The summed E-state index contributed by atoms with van der Waals surface area (Å²) >= 11 is 12.0. The lowest BCUT2D eigenvalue weighted by Gasteiger charge is -2.59. The van der Waals surface area contributed by atoms with E-state index in [0.29, 0.717) is 21.2 Å². The van der Waals surface area contributed by atoms with Gasteiger partial charge in [0.2, 0.25) is 0 Å². The number of ether oxygens (including phenoxy) is 1. The molecule has 4 fully saturated rings. The van der Waals surface area contributed by atoms with Gasteiger partial charge in [0.1, 0.15) is 5.75 Å². The zero-order valence-corrected chi connectivity index (χ0v) is 16.1. The maximum atomic E-state index is 12.4. The van der Waals surface area contributed by atoms with Crippen molar-refractivity contribution in [3.05, 3.63) is 28.2 Å². The molecule has 4 aliphatic rings. The van der Waals surface area contributed by atoms with Crippen molar-refractivity contribution in [2.24, 2.45) is 23.2 Å². The fraction of sp³-hybridized carbons (Fsp3) is 0.650. The molecule has 3 nitrogen and oxygen atoms in total. The Morgan fingerprint density at radius 1 is 1.20 bits per heavy atom. The van der Waals surface area contributed by atoms with E-state index in [0.717, 1.165) is 17.8 Å². The Balaban J connectivity index is 1.35. The molecule has 4 saturated carbocycles. The van der Waals surface area contributed by atoms with Gasteiger partial charge in [-0.05, 0) is 80.8 Å². The van der Waals surface area contributed by atoms with Crippen LogP contribution in [0.3, 0.4) is 0 Å². The fourth-order valence-electron chi connectivity index (χ4n) is 5.88. The molecular formula is C20H25Cl2NO2. The summed E-state index contributed by atoms with van der Waals surface area (Å²) in [5.41, 5.74) is 0.304. The van der Waals surface area contributed by atoms with Crippen LogP contribution in [0.25, 0.3) is 0 Å². The molecule has 1 amide bonds. The molecule has 5 rings (SSSR count). The van der Waals surface area contributed by atoms with Gasteiger partial charge in [-0.2, -0.15) is 0 Å². The van der Waals surface area contributed by atoms with Crippen LogP contribution in [0.4, 0.5) is 0 Å². The van der Waals surface area contributed by atoms with Crippen molar-refractivity contribution in [2.45, 2.75) is 51.5 Å². The van der Waals surface area contributed by atoms with Crippen LogP contribution in [0, 0.1) is 23.2 Å². The molecular weight excluding hydrogens is 357 g/mol. The lowest BCUT2D eigenvalue weighted by atomic mass is 9.48. The van der Waals surface area contributed by atoms with Gasteiger partial charge in [-0.15, -0.1) is 0 Å². The lowest BCUT2D eigenvalue weighted by molar-refractivity contribution is -0.127. The molecule has 0 aromatic heterocycles. The highest BCUT2D eigenvalue weighted by atomic mass is 35.5. The van der Waals surface area contributed by atoms with Crippen LogP contribution in [0.5, 0.6) is 5.75 Å². The fourth-order valence-corrected chi connectivity index (χ4v) is 6.21. The molecule has 0 spiro atoms. The first-order chi connectivity index (χ1) is 11.9. The number of nitrogens with one attached hydrogen (secondary N) is 1. The van der Waals surface area contributed by atoms with E-state index in [4.69, 9.17) is 27.9 Å². The Morgan fingerprint density at radius 2 is 1.80 bits per heavy atom. The summed E-state index contributed by atoms with van der Waals surface area (Å²) in [6, 6.07) is 5.22. The van der Waals surface area contributed by atoms with Gasteiger partial charge in [0, 0.05) is 17.1 Å². The topological polar surface area (TPSA) is 38.3 Å². The quantitative estimate of drug-likeness (QED) is 0.770. The zero-order valence-electron chi connectivity index (χ0n) is 14.6. The van der Waals surface area contributed by atoms with Gasteiger partial charge in [-0.3, -0.25) is 4.79 Å². The lowest BCUT2D eigenvalue weighted by Crippen LogP contribution is -2.56. The second-order valence-electron chi connectivity index (χ2n) is 8.43. The van der Waals surface area contributed by atoms with Crippen molar-refractivity contribution in [1.29, 1.82) is 0 Å². The van der Waals surface area contributed by atoms with E-state index >= 15 is 0 Å². The largest absolute Gasteiger partial charge is 0.482 e. The van der Waals surface area contributed by atoms with Crippen molar-refractivity contribution in [3.63, 3.8) is 0 Å². The van der Waals surface area contributed by atoms with E-state index < -0.39 is 0 Å². The van der Waals surface area contributed by atoms with Crippen LogP contribution >= 0.6 is 23.2 Å². The summed E-state index contributed by atoms with van der Waals surface area (Å²) in [7, 11) is 0. The van der Waals surface area contributed by atoms with E-state index in [9.17, 15) is 4.79 Å². The Labute approximate surface area is 159 Å². The van der Waals surface area contributed by atoms with Crippen molar-refractivity contribution in [3.8, 4) is 5.75 Å². The molecule has 1 atom stereocenters. The van der Waals surface area contributed by atoms with Crippen LogP contribution in [-0.2, 0) is 4.79 Å². The summed E-state index contributed by atoms with van der Waals surface area (Å²) in [5.74, 6) is 3.01. The predicted octanol–water partition coefficient (Wildman–Crippen LogP) is 5.09. The minimum atomic E-state index is -0.0840. The van der Waals surface area contributed by atoms with Crippen LogP contribution in [-0.4, -0.2) is 18.6 Å². The molecule has 5 heteroatoms. The Morgan fingerprint density at radius 3 is 2.40 bits per heavy atom. The first-order valence-electron chi connectivity index (χ1n) is 9.31. The highest BCUT2D eigenvalue weighted by Gasteiger charge is 2.53. The molecule has 25 heavy (non-hydrogen) atoms. The van der Waals surface area contributed by atoms with Gasteiger partial charge in [0.05, 0.1) is 5.02 Å². The maximum Gasteiger partial charge on any atom is 0.258 e. The third-order valence-corrected chi connectivity index (χ3v) is 7.18. The van der Waals surface area contributed by atoms with Gasteiger partial charge in [-0.1, -0.05) is 23.2 Å². The van der Waals surface area contributed by atoms with Crippen molar-refractivity contribution in [2.75, 3.05) is 6.61 Å². The number of hydrogen-bond acceptors (Lipinski definition) is 2. The van der Waals surface area contributed by atoms with Crippen molar-refractivity contribution < 1.29 is 9.53 Å². The molecule has 1 aromatic rings. The molecule has 0 radical (unpaired) electrons. The second kappa shape index (κ2) is 6.66. The van der Waals surface area contributed by atoms with E-state index in [2.05, 4.69) is 12.2 Å². The summed E-state index contributed by atoms with van der Waals surface area (Å²) in [6.07, 6.45) is 8.08. The Bertz CT molecular complexity index is 640. The number of amides is 1. The first kappa shape index (κ1) is 17.5. The average molecular weight is 382 g/mol. The van der Waals surface area contributed by atoms with E-state index in [-0.39, 0.29) is 18.6 Å². The summed E-state index contributed by atoms with van der Waals surface area (Å²) in [6.45, 7) is 2.15. The number of halogens is 2. The molecule has 0 saturated heterocycles. The first-order valence-corrected chi connectivity index (χ1v) is 10.1. The van der Waals surface area contributed by atoms with Gasteiger partial charge >= 0.3 is 0 Å². The second-order valence-corrected chi connectivity index (χ2v) is 9.28. The van der Waals surface area contributed by atoms with E-state index in [1.165, 1.54) is 38.5 Å². The highest BCUT2D eigenvalue weighted by Crippen LogP contribution is 2.61. The third kappa shape index (κ3) is 3.50. The third-order valence-electron chi connectivity index (χ3n) is 6.63. The maximum absolute atomic E-state index is 12.4. The molecule has 1 aromatic carbocycles. The minimum Gasteiger partial charge on any atom is -0.482 e. The summed E-state index contributed by atoms with van der Waals surface area (Å²) in [5, 5.41) is 4.21. The number of carbonyl (C=O) groups excluding carboxylic acids is 1.